The molecule has 0 fully saturated rings. The molecule has 16 heteroatoms. The summed E-state index contributed by atoms with van der Waals surface area (Å²) in [6, 6.07) is 0. The number of hydrogen-bond donors (Lipinski definition) is 0. The molecule has 0 saturated carbocycles. The first-order valence-electron chi connectivity index (χ1n) is 3.46. The third-order valence-electron chi connectivity index (χ3n) is 0. The van der Waals surface area contributed by atoms with E-state index in [4.69, 9.17) is 57.5 Å². The van der Waals surface area contributed by atoms with Crippen molar-refractivity contribution in [3.05, 3.63) is 0 Å². The zero-order chi connectivity index (χ0) is 24.0. The Bertz CT molecular complexity index is 89.0. The van der Waals surface area contributed by atoms with Crippen LogP contribution in [0.5, 0.6) is 0 Å². The Labute approximate surface area is 297 Å². The molecule has 256 valence electrons. The van der Waals surface area contributed by atoms with Crippen LogP contribution in [0.4, 0.5) is 0 Å². The molecule has 0 radical (unpaired) electrons. The van der Waals surface area contributed by atoms with Crippen molar-refractivity contribution in [2.45, 2.75) is 74.3 Å². The van der Waals surface area contributed by atoms with Crippen LogP contribution < -0.4 is 0 Å². The van der Waals surface area contributed by atoms with E-state index in [1.807, 2.05) is 81.5 Å². The molecular formula is C22H68Ar2O14. The minimum atomic E-state index is 0. The SMILES string of the molecule is C.C.C.C.C.C.C.C.C.C.C=O.C=O.C=O.C=O.C=O.C=O.C=O.C=O.C=O.C=O.C=O.C=O.O.O.[Ar].[Ar]. The van der Waals surface area contributed by atoms with Crippen molar-refractivity contribution in [3.8, 4) is 0 Å². The average Bonchev–Trinajstić information content (AvgIpc) is 2.84. The molecule has 14 nitrogen and oxygen atoms in total. The fourth-order valence-electron chi connectivity index (χ4n) is 0. The second-order valence-corrected chi connectivity index (χ2v) is 0. The number of carbonyl (C=O) groups excluding carboxylic acids is 12. The molecule has 0 spiro atoms. The van der Waals surface area contributed by atoms with Crippen LogP contribution in [0.25, 0.3) is 0 Å². The van der Waals surface area contributed by atoms with Crippen LogP contribution in [-0.2, 0) is 57.5 Å². The van der Waals surface area contributed by atoms with Gasteiger partial charge in [0.15, 0.2) is 0 Å². The van der Waals surface area contributed by atoms with Gasteiger partial charge < -0.3 is 68.5 Å². The third kappa shape index (κ3) is 16700. The number of carbonyl (C=O) groups is 12. The summed E-state index contributed by atoms with van der Waals surface area (Å²) in [5.41, 5.74) is 0. The summed E-state index contributed by atoms with van der Waals surface area (Å²) in [5.74, 6) is 0. The Morgan fingerprint density at radius 3 is 0.158 bits per heavy atom. The van der Waals surface area contributed by atoms with E-state index in [0.717, 1.165) is 0 Å². The molecule has 0 aromatic heterocycles. The van der Waals surface area contributed by atoms with Crippen molar-refractivity contribution in [1.82, 2.24) is 0 Å². The Balaban J connectivity index is -0.00000000167. The van der Waals surface area contributed by atoms with Gasteiger partial charge in [0.2, 0.25) is 0 Å². The Morgan fingerprint density at radius 2 is 0.158 bits per heavy atom. The van der Waals surface area contributed by atoms with Crippen molar-refractivity contribution < 1.29 is 144 Å². The van der Waals surface area contributed by atoms with Gasteiger partial charge >= 0.3 is 0 Å². The molecule has 38 heavy (non-hydrogen) atoms. The molecule has 0 saturated heterocycles. The Hall–Kier alpha value is -1.52. The van der Waals surface area contributed by atoms with Gasteiger partial charge in [-0.15, -0.1) is 0 Å². The predicted molar refractivity (Wildman–Crippen MR) is 160 cm³/mol. The molecule has 0 aliphatic rings. The Kier molecular flexibility index (Phi) is 201000. The summed E-state index contributed by atoms with van der Waals surface area (Å²) in [6.45, 7) is 24.0. The molecule has 0 unspecified atom stereocenters. The van der Waals surface area contributed by atoms with Crippen molar-refractivity contribution >= 4 is 81.5 Å². The maximum atomic E-state index is 8.00. The maximum absolute atomic E-state index is 8.00. The van der Waals surface area contributed by atoms with E-state index in [-0.39, 0.29) is 161 Å². The van der Waals surface area contributed by atoms with E-state index < -0.39 is 0 Å². The van der Waals surface area contributed by atoms with Crippen LogP contribution in [0.1, 0.15) is 74.3 Å². The van der Waals surface area contributed by atoms with Crippen molar-refractivity contribution in [3.63, 3.8) is 0 Å². The molecule has 4 N–H and O–H groups in total. The minimum Gasteiger partial charge on any atom is -0.412 e. The van der Waals surface area contributed by atoms with Crippen LogP contribution in [0.15, 0.2) is 0 Å². The van der Waals surface area contributed by atoms with E-state index in [2.05, 4.69) is 0 Å². The van der Waals surface area contributed by atoms with Gasteiger partial charge in [-0.1, -0.05) is 74.3 Å². The molecule has 0 bridgehead atoms. The normalized spacial score (nSPS) is 1.26. The van der Waals surface area contributed by atoms with E-state index >= 15 is 0 Å². The molecule has 0 amide bonds. The standard InChI is InChI=1S/12CH2O.10CH4.2Ar.2H2O/c12*1-2;;;;;;;;;;;;;;/h12*1H2;10*1H4;;;2*1H2. The molecule has 0 atom stereocenters. The van der Waals surface area contributed by atoms with Crippen LogP contribution in [0, 0.1) is 75.5 Å². The number of rotatable bonds is 0. The largest absolute Gasteiger partial charge is 0.412 e. The topological polar surface area (TPSA) is 268 Å². The van der Waals surface area contributed by atoms with Gasteiger partial charge in [-0.25, -0.2) is 0 Å². The first kappa shape index (κ1) is 418. The molecule has 0 heterocycles. The van der Waals surface area contributed by atoms with Crippen LogP contribution >= 0.6 is 0 Å². The van der Waals surface area contributed by atoms with E-state index in [0.29, 0.717) is 0 Å². The first-order chi connectivity index (χ1) is 12.0. The van der Waals surface area contributed by atoms with Gasteiger partial charge in [0.1, 0.15) is 81.5 Å². The van der Waals surface area contributed by atoms with Crippen LogP contribution in [0.2, 0.25) is 0 Å². The summed E-state index contributed by atoms with van der Waals surface area (Å²) < 4.78 is 0. The van der Waals surface area contributed by atoms with E-state index in [1.165, 1.54) is 0 Å². The maximum Gasteiger partial charge on any atom is 0.106 e. The average molecular weight is 637 g/mol. The van der Waals surface area contributed by atoms with Crippen LogP contribution in [0.3, 0.4) is 0 Å². The van der Waals surface area contributed by atoms with Gasteiger partial charge in [0.25, 0.3) is 0 Å². The smallest absolute Gasteiger partial charge is 0.106 e. The zero-order valence-electron chi connectivity index (χ0n) is 15.1. The number of hydrogen-bond acceptors (Lipinski definition) is 12. The second kappa shape index (κ2) is 18200. The fraction of sp³-hybridized carbons (Fsp3) is 0.455. The van der Waals surface area contributed by atoms with Crippen LogP contribution in [-0.4, -0.2) is 92.4 Å². The second-order valence-electron chi connectivity index (χ2n) is 0. The molecule has 0 aliphatic carbocycles. The minimum absolute atomic E-state index is 0. The summed E-state index contributed by atoms with van der Waals surface area (Å²) in [4.78, 5) is 96.0. The van der Waals surface area contributed by atoms with Gasteiger partial charge in [0, 0.05) is 75.5 Å². The van der Waals surface area contributed by atoms with Gasteiger partial charge in [-0.3, -0.25) is 0 Å². The predicted octanol–water partition coefficient (Wildman–Crippen LogP) is 2.49. The van der Waals surface area contributed by atoms with Gasteiger partial charge in [0.05, 0.1) is 0 Å². The van der Waals surface area contributed by atoms with E-state index in [9.17, 15) is 0 Å². The van der Waals surface area contributed by atoms with Gasteiger partial charge in [-0.2, -0.15) is 0 Å². The Morgan fingerprint density at radius 1 is 0.158 bits per heavy atom. The molecule has 0 aliphatic heterocycles. The zero-order valence-corrected chi connectivity index (χ0v) is 16.5. The molecule has 0 rings (SSSR count). The molecular weight excluding hydrogens is 568 g/mol. The first-order valence-corrected chi connectivity index (χ1v) is 3.46. The summed E-state index contributed by atoms with van der Waals surface area (Å²) >= 11 is 0. The van der Waals surface area contributed by atoms with E-state index in [1.54, 1.807) is 0 Å². The van der Waals surface area contributed by atoms with Crippen molar-refractivity contribution in [2.24, 2.45) is 0 Å². The fourth-order valence-corrected chi connectivity index (χ4v) is 0. The van der Waals surface area contributed by atoms with Crippen molar-refractivity contribution in [2.75, 3.05) is 0 Å². The van der Waals surface area contributed by atoms with Crippen molar-refractivity contribution in [1.29, 1.82) is 0 Å². The van der Waals surface area contributed by atoms with Gasteiger partial charge in [-0.05, 0) is 0 Å². The molecule has 0 aromatic rings. The quantitative estimate of drug-likeness (QED) is 0.371. The summed E-state index contributed by atoms with van der Waals surface area (Å²) in [6.07, 6.45) is 0. The summed E-state index contributed by atoms with van der Waals surface area (Å²) in [5, 5.41) is 0. The molecule has 0 aromatic carbocycles. The third-order valence-corrected chi connectivity index (χ3v) is 0. The summed E-state index contributed by atoms with van der Waals surface area (Å²) in [7, 11) is 0. The monoisotopic (exact) mass is 636 g/mol.